The quantitative estimate of drug-likeness (QED) is 0.450. The Labute approximate surface area is 100 Å². The normalized spacial score (nSPS) is 13.2. The summed E-state index contributed by atoms with van der Waals surface area (Å²) in [6.07, 6.45) is -5.73. The SMILES string of the molecule is CC(Cl)C(=O)c1cc(C(F)F)ccc1C(F)F. The molecule has 0 spiro atoms. The van der Waals surface area contributed by atoms with Crippen molar-refractivity contribution < 1.29 is 22.4 Å². The van der Waals surface area contributed by atoms with E-state index in [1.807, 2.05) is 0 Å². The van der Waals surface area contributed by atoms with Crippen LogP contribution < -0.4 is 0 Å². The topological polar surface area (TPSA) is 17.1 Å². The van der Waals surface area contributed by atoms with Gasteiger partial charge in [0.1, 0.15) is 0 Å². The molecule has 0 heterocycles. The summed E-state index contributed by atoms with van der Waals surface area (Å²) in [7, 11) is 0. The summed E-state index contributed by atoms with van der Waals surface area (Å²) in [5.74, 6) is -0.788. The molecular formula is C11H9ClF4O. The second-order valence-electron chi connectivity index (χ2n) is 3.43. The van der Waals surface area contributed by atoms with E-state index in [9.17, 15) is 22.4 Å². The number of carbonyl (C=O) groups excluding carboxylic acids is 1. The summed E-state index contributed by atoms with van der Waals surface area (Å²) in [5, 5.41) is -1.04. The van der Waals surface area contributed by atoms with E-state index in [0.717, 1.165) is 18.2 Å². The fourth-order valence-electron chi connectivity index (χ4n) is 1.33. The van der Waals surface area contributed by atoms with Crippen LogP contribution >= 0.6 is 11.6 Å². The first-order chi connectivity index (χ1) is 7.84. The van der Waals surface area contributed by atoms with Crippen LogP contribution in [0.15, 0.2) is 18.2 Å². The first-order valence-corrected chi connectivity index (χ1v) is 5.16. The standard InChI is InChI=1S/C11H9ClF4O/c1-5(12)9(17)8-4-6(10(13)14)2-3-7(8)11(15)16/h2-5,10-11H,1H3. The summed E-state index contributed by atoms with van der Waals surface area (Å²) < 4.78 is 50.0. The maximum absolute atomic E-state index is 12.6. The number of rotatable bonds is 4. The summed E-state index contributed by atoms with van der Waals surface area (Å²) in [6, 6.07) is 2.48. The Bertz CT molecular complexity index is 418. The number of hydrogen-bond acceptors (Lipinski definition) is 1. The van der Waals surface area contributed by atoms with Crippen LogP contribution in [0.4, 0.5) is 17.6 Å². The molecular weight excluding hydrogens is 260 g/mol. The summed E-state index contributed by atoms with van der Waals surface area (Å²) in [4.78, 5) is 11.5. The van der Waals surface area contributed by atoms with Crippen LogP contribution in [-0.2, 0) is 0 Å². The molecule has 0 saturated heterocycles. The van der Waals surface area contributed by atoms with Gasteiger partial charge in [0.25, 0.3) is 12.9 Å². The fourth-order valence-corrected chi connectivity index (χ4v) is 1.45. The van der Waals surface area contributed by atoms with E-state index in [1.165, 1.54) is 6.92 Å². The Hall–Kier alpha value is -1.10. The molecule has 0 aliphatic heterocycles. The molecule has 0 saturated carbocycles. The molecule has 6 heteroatoms. The number of carbonyl (C=O) groups is 1. The zero-order valence-electron chi connectivity index (χ0n) is 8.76. The Morgan fingerprint density at radius 1 is 1.18 bits per heavy atom. The van der Waals surface area contributed by atoms with Gasteiger partial charge < -0.3 is 0 Å². The molecule has 1 nitrogen and oxygen atoms in total. The Morgan fingerprint density at radius 2 is 1.76 bits per heavy atom. The highest BCUT2D eigenvalue weighted by Gasteiger charge is 2.23. The van der Waals surface area contributed by atoms with Gasteiger partial charge >= 0.3 is 0 Å². The van der Waals surface area contributed by atoms with Gasteiger partial charge in [-0.1, -0.05) is 12.1 Å². The maximum atomic E-state index is 12.6. The van der Waals surface area contributed by atoms with Crippen molar-refractivity contribution in [1.29, 1.82) is 0 Å². The first kappa shape index (κ1) is 14.0. The third kappa shape index (κ3) is 3.19. The van der Waals surface area contributed by atoms with Crippen molar-refractivity contribution >= 4 is 17.4 Å². The van der Waals surface area contributed by atoms with Gasteiger partial charge in [0, 0.05) is 16.7 Å². The molecule has 1 aromatic rings. The van der Waals surface area contributed by atoms with E-state index in [2.05, 4.69) is 0 Å². The molecule has 1 unspecified atom stereocenters. The molecule has 0 bridgehead atoms. The number of benzene rings is 1. The van der Waals surface area contributed by atoms with E-state index in [1.54, 1.807) is 0 Å². The molecule has 0 aliphatic carbocycles. The highest BCUT2D eigenvalue weighted by atomic mass is 35.5. The van der Waals surface area contributed by atoms with Gasteiger partial charge in [-0.05, 0) is 13.0 Å². The molecule has 0 aromatic heterocycles. The lowest BCUT2D eigenvalue weighted by Crippen LogP contribution is -2.14. The Morgan fingerprint density at radius 3 is 2.18 bits per heavy atom. The summed E-state index contributed by atoms with van der Waals surface area (Å²) in [5.41, 5.74) is -1.50. The molecule has 94 valence electrons. The van der Waals surface area contributed by atoms with Crippen molar-refractivity contribution in [3.05, 3.63) is 34.9 Å². The average molecular weight is 269 g/mol. The lowest BCUT2D eigenvalue weighted by Gasteiger charge is -2.11. The lowest BCUT2D eigenvalue weighted by molar-refractivity contribution is 0.0977. The number of alkyl halides is 5. The molecule has 1 aromatic carbocycles. The van der Waals surface area contributed by atoms with E-state index < -0.39 is 40.7 Å². The zero-order valence-corrected chi connectivity index (χ0v) is 9.52. The van der Waals surface area contributed by atoms with Crippen molar-refractivity contribution in [1.82, 2.24) is 0 Å². The van der Waals surface area contributed by atoms with Gasteiger partial charge in [0.2, 0.25) is 0 Å². The number of halogens is 5. The van der Waals surface area contributed by atoms with Gasteiger partial charge in [0.05, 0.1) is 5.38 Å². The minimum atomic E-state index is -2.91. The van der Waals surface area contributed by atoms with Crippen LogP contribution in [0.3, 0.4) is 0 Å². The molecule has 0 aliphatic rings. The molecule has 0 amide bonds. The summed E-state index contributed by atoms with van der Waals surface area (Å²) in [6.45, 7) is 1.30. The van der Waals surface area contributed by atoms with Crippen LogP contribution in [0.1, 0.15) is 41.3 Å². The van der Waals surface area contributed by atoms with Crippen LogP contribution in [0.2, 0.25) is 0 Å². The first-order valence-electron chi connectivity index (χ1n) is 4.73. The van der Waals surface area contributed by atoms with Crippen molar-refractivity contribution in [3.8, 4) is 0 Å². The molecule has 1 atom stereocenters. The number of Topliss-reactive ketones (excluding diaryl/α,β-unsaturated/α-hetero) is 1. The van der Waals surface area contributed by atoms with Crippen LogP contribution in [-0.4, -0.2) is 11.2 Å². The van der Waals surface area contributed by atoms with Gasteiger partial charge in [0.15, 0.2) is 5.78 Å². The highest BCUT2D eigenvalue weighted by molar-refractivity contribution is 6.33. The largest absolute Gasteiger partial charge is 0.293 e. The Balaban J connectivity index is 3.30. The van der Waals surface area contributed by atoms with E-state index in [4.69, 9.17) is 11.6 Å². The lowest BCUT2D eigenvalue weighted by atomic mass is 9.99. The third-order valence-corrected chi connectivity index (χ3v) is 2.39. The molecule has 17 heavy (non-hydrogen) atoms. The van der Waals surface area contributed by atoms with Gasteiger partial charge in [-0.15, -0.1) is 11.6 Å². The molecule has 0 fully saturated rings. The van der Waals surface area contributed by atoms with Crippen LogP contribution in [0.5, 0.6) is 0 Å². The number of hydrogen-bond donors (Lipinski definition) is 0. The zero-order chi connectivity index (χ0) is 13.2. The van der Waals surface area contributed by atoms with Crippen molar-refractivity contribution in [2.24, 2.45) is 0 Å². The van der Waals surface area contributed by atoms with Gasteiger partial charge in [-0.2, -0.15) is 0 Å². The second kappa shape index (κ2) is 5.49. The monoisotopic (exact) mass is 268 g/mol. The minimum Gasteiger partial charge on any atom is -0.293 e. The second-order valence-corrected chi connectivity index (χ2v) is 4.08. The van der Waals surface area contributed by atoms with Crippen molar-refractivity contribution in [2.45, 2.75) is 25.2 Å². The van der Waals surface area contributed by atoms with E-state index in [0.29, 0.717) is 0 Å². The predicted octanol–water partition coefficient (Wildman–Crippen LogP) is 4.37. The molecule has 0 N–H and O–H groups in total. The van der Waals surface area contributed by atoms with Crippen molar-refractivity contribution in [3.63, 3.8) is 0 Å². The van der Waals surface area contributed by atoms with Gasteiger partial charge in [-0.25, -0.2) is 17.6 Å². The maximum Gasteiger partial charge on any atom is 0.264 e. The predicted molar refractivity (Wildman–Crippen MR) is 56.0 cm³/mol. The molecule has 0 radical (unpaired) electrons. The van der Waals surface area contributed by atoms with Crippen molar-refractivity contribution in [2.75, 3.05) is 0 Å². The van der Waals surface area contributed by atoms with E-state index in [-0.39, 0.29) is 0 Å². The van der Waals surface area contributed by atoms with Gasteiger partial charge in [-0.3, -0.25) is 4.79 Å². The minimum absolute atomic E-state index is 0.444. The number of ketones is 1. The smallest absolute Gasteiger partial charge is 0.264 e. The van der Waals surface area contributed by atoms with Crippen LogP contribution in [0.25, 0.3) is 0 Å². The van der Waals surface area contributed by atoms with E-state index >= 15 is 0 Å². The Kier molecular flexibility index (Phi) is 4.51. The highest BCUT2D eigenvalue weighted by Crippen LogP contribution is 2.29. The third-order valence-electron chi connectivity index (χ3n) is 2.19. The summed E-state index contributed by atoms with van der Waals surface area (Å²) >= 11 is 5.49. The fraction of sp³-hybridized carbons (Fsp3) is 0.364. The van der Waals surface area contributed by atoms with Crippen LogP contribution in [0, 0.1) is 0 Å². The average Bonchev–Trinajstić information content (AvgIpc) is 2.26. The molecule has 1 rings (SSSR count).